The summed E-state index contributed by atoms with van der Waals surface area (Å²) in [5.74, 6) is -0.757. The highest BCUT2D eigenvalue weighted by Crippen LogP contribution is 2.05. The minimum atomic E-state index is -0.623. The van der Waals surface area contributed by atoms with Gasteiger partial charge >= 0.3 is 6.01 Å². The summed E-state index contributed by atoms with van der Waals surface area (Å²) in [6.45, 7) is 5.24. The topological polar surface area (TPSA) is 110 Å². The molecule has 18 heavy (non-hydrogen) atoms. The molecule has 7 nitrogen and oxygen atoms in total. The van der Waals surface area contributed by atoms with E-state index in [-0.39, 0.29) is 24.4 Å². The molecule has 0 fully saturated rings. The lowest BCUT2D eigenvalue weighted by Gasteiger charge is -2.14. The third-order valence-corrected chi connectivity index (χ3v) is 2.31. The molecule has 7 heteroatoms. The molecule has 100 valence electrons. The molecule has 0 bridgehead atoms. The molecule has 1 atom stereocenters. The number of hydrogen-bond donors (Lipinski definition) is 3. The molecule has 0 saturated heterocycles. The Hall–Kier alpha value is -1.89. The first kappa shape index (κ1) is 14.2. The van der Waals surface area contributed by atoms with E-state index in [0.717, 1.165) is 0 Å². The van der Waals surface area contributed by atoms with Crippen LogP contribution in [0.15, 0.2) is 10.7 Å². The van der Waals surface area contributed by atoms with Crippen LogP contribution in [0.2, 0.25) is 0 Å². The van der Waals surface area contributed by atoms with Crippen molar-refractivity contribution in [3.8, 4) is 0 Å². The number of carbonyl (C=O) groups excluding carboxylic acids is 2. The first-order valence-electron chi connectivity index (χ1n) is 5.65. The zero-order valence-electron chi connectivity index (χ0n) is 10.7. The predicted octanol–water partition coefficient (Wildman–Crippen LogP) is 0.0210. The highest BCUT2D eigenvalue weighted by molar-refractivity contribution is 5.93. The third-order valence-electron chi connectivity index (χ3n) is 2.31. The van der Waals surface area contributed by atoms with Gasteiger partial charge in [-0.15, -0.1) is 0 Å². The largest absolute Gasteiger partial charge is 0.432 e. The molecule has 0 aromatic carbocycles. The van der Waals surface area contributed by atoms with E-state index < -0.39 is 11.9 Å². The molecule has 0 radical (unpaired) electrons. The van der Waals surface area contributed by atoms with Crippen LogP contribution < -0.4 is 16.4 Å². The Balaban J connectivity index is 2.35. The van der Waals surface area contributed by atoms with Crippen LogP contribution in [0.5, 0.6) is 0 Å². The molecule has 0 aliphatic rings. The van der Waals surface area contributed by atoms with E-state index in [0.29, 0.717) is 5.69 Å². The van der Waals surface area contributed by atoms with E-state index in [1.165, 1.54) is 6.26 Å². The van der Waals surface area contributed by atoms with Crippen LogP contribution >= 0.6 is 0 Å². The minimum absolute atomic E-state index is 0.0162. The molecule has 4 N–H and O–H groups in total. The lowest BCUT2D eigenvalue weighted by molar-refractivity contribution is -0.125. The average Bonchev–Trinajstić information content (AvgIpc) is 2.70. The van der Waals surface area contributed by atoms with E-state index in [1.807, 2.05) is 13.8 Å². The molecule has 0 aliphatic heterocycles. The molecule has 1 heterocycles. The predicted molar refractivity (Wildman–Crippen MR) is 65.7 cm³/mol. The zero-order chi connectivity index (χ0) is 13.7. The third kappa shape index (κ3) is 4.17. The summed E-state index contributed by atoms with van der Waals surface area (Å²) < 4.78 is 4.95. The molecule has 0 aliphatic carbocycles. The van der Waals surface area contributed by atoms with E-state index >= 15 is 0 Å². The summed E-state index contributed by atoms with van der Waals surface area (Å²) in [4.78, 5) is 26.8. The summed E-state index contributed by atoms with van der Waals surface area (Å²) in [5.41, 5.74) is 6.29. The Kier molecular flexibility index (Phi) is 4.85. The number of rotatable bonds is 5. The maximum atomic E-state index is 11.5. The molecule has 1 aromatic heterocycles. The van der Waals surface area contributed by atoms with Gasteiger partial charge in [0.15, 0.2) is 0 Å². The first-order valence-corrected chi connectivity index (χ1v) is 5.65. The van der Waals surface area contributed by atoms with Gasteiger partial charge in [-0.3, -0.25) is 14.9 Å². The van der Waals surface area contributed by atoms with E-state index in [1.54, 1.807) is 6.92 Å². The van der Waals surface area contributed by atoms with Crippen LogP contribution in [0.1, 0.15) is 19.5 Å². The molecule has 0 unspecified atom stereocenters. The molecule has 1 rings (SSSR count). The van der Waals surface area contributed by atoms with E-state index in [4.69, 9.17) is 10.2 Å². The van der Waals surface area contributed by atoms with Gasteiger partial charge in [-0.05, 0) is 12.8 Å². The number of nitrogens with zero attached hydrogens (tertiary/aromatic N) is 1. The van der Waals surface area contributed by atoms with Gasteiger partial charge in [-0.1, -0.05) is 13.8 Å². The van der Waals surface area contributed by atoms with Crippen molar-refractivity contribution in [1.29, 1.82) is 0 Å². The maximum Gasteiger partial charge on any atom is 0.301 e. The van der Waals surface area contributed by atoms with Gasteiger partial charge in [0.1, 0.15) is 6.26 Å². The highest BCUT2D eigenvalue weighted by Gasteiger charge is 2.17. The molecule has 1 aromatic rings. The number of aromatic nitrogens is 1. The lowest BCUT2D eigenvalue weighted by atomic mass is 10.1. The Morgan fingerprint density at radius 2 is 2.17 bits per heavy atom. The quantitative estimate of drug-likeness (QED) is 0.686. The van der Waals surface area contributed by atoms with Crippen molar-refractivity contribution in [2.24, 2.45) is 11.7 Å². The fourth-order valence-electron chi connectivity index (χ4n) is 1.16. The van der Waals surface area contributed by atoms with Crippen molar-refractivity contribution in [2.75, 3.05) is 11.9 Å². The summed E-state index contributed by atoms with van der Waals surface area (Å²) in [6, 6.07) is -0.512. The Morgan fingerprint density at radius 3 is 2.67 bits per heavy atom. The normalized spacial score (nSPS) is 12.3. The van der Waals surface area contributed by atoms with Crippen LogP contribution in [0.4, 0.5) is 6.01 Å². The van der Waals surface area contributed by atoms with Crippen molar-refractivity contribution < 1.29 is 14.0 Å². The number of anilines is 1. The van der Waals surface area contributed by atoms with Crippen LogP contribution in [0, 0.1) is 12.8 Å². The number of nitrogens with one attached hydrogen (secondary N) is 2. The lowest BCUT2D eigenvalue weighted by Crippen LogP contribution is -2.46. The van der Waals surface area contributed by atoms with Gasteiger partial charge in [-0.25, -0.2) is 0 Å². The summed E-state index contributed by atoms with van der Waals surface area (Å²) >= 11 is 0. The summed E-state index contributed by atoms with van der Waals surface area (Å²) in [5, 5.41) is 4.86. The van der Waals surface area contributed by atoms with Crippen molar-refractivity contribution in [3.63, 3.8) is 0 Å². The molecule has 0 saturated carbocycles. The Morgan fingerprint density at radius 1 is 1.50 bits per heavy atom. The van der Waals surface area contributed by atoms with Gasteiger partial charge < -0.3 is 15.5 Å². The monoisotopic (exact) mass is 254 g/mol. The maximum absolute atomic E-state index is 11.5. The number of aryl methyl sites for hydroxylation is 1. The van der Waals surface area contributed by atoms with Gasteiger partial charge in [0.2, 0.25) is 11.8 Å². The van der Waals surface area contributed by atoms with Crippen molar-refractivity contribution in [2.45, 2.75) is 26.8 Å². The standard InChI is InChI=1S/C11H18N4O3/c1-6(2)9(12)10(17)13-4-8(16)15-11-14-7(3)5-18-11/h5-6,9H,4,12H2,1-3H3,(H,13,17)(H,14,15,16)/t9-/m0/s1. The van der Waals surface area contributed by atoms with Crippen LogP contribution in [0.3, 0.4) is 0 Å². The van der Waals surface area contributed by atoms with Crippen molar-refractivity contribution in [3.05, 3.63) is 12.0 Å². The van der Waals surface area contributed by atoms with Crippen molar-refractivity contribution in [1.82, 2.24) is 10.3 Å². The SMILES string of the molecule is Cc1coc(NC(=O)CNC(=O)[C@@H](N)C(C)C)n1. The van der Waals surface area contributed by atoms with Crippen LogP contribution in [-0.4, -0.2) is 29.4 Å². The summed E-state index contributed by atoms with van der Waals surface area (Å²) in [6.07, 6.45) is 1.42. The van der Waals surface area contributed by atoms with Gasteiger partial charge in [-0.2, -0.15) is 4.98 Å². The summed E-state index contributed by atoms with van der Waals surface area (Å²) in [7, 11) is 0. The fourth-order valence-corrected chi connectivity index (χ4v) is 1.16. The fraction of sp³-hybridized carbons (Fsp3) is 0.545. The smallest absolute Gasteiger partial charge is 0.301 e. The van der Waals surface area contributed by atoms with Gasteiger partial charge in [0.05, 0.1) is 18.3 Å². The Labute approximate surface area is 105 Å². The number of oxazole rings is 1. The van der Waals surface area contributed by atoms with Crippen LogP contribution in [-0.2, 0) is 9.59 Å². The Bertz CT molecular complexity index is 428. The second-order valence-electron chi connectivity index (χ2n) is 4.33. The number of hydrogen-bond acceptors (Lipinski definition) is 5. The highest BCUT2D eigenvalue weighted by atomic mass is 16.4. The number of nitrogens with two attached hydrogens (primary N) is 1. The molecule has 0 spiro atoms. The van der Waals surface area contributed by atoms with E-state index in [2.05, 4.69) is 15.6 Å². The first-order chi connectivity index (χ1) is 8.40. The minimum Gasteiger partial charge on any atom is -0.432 e. The van der Waals surface area contributed by atoms with Crippen LogP contribution in [0.25, 0.3) is 0 Å². The molecular weight excluding hydrogens is 236 g/mol. The number of carbonyl (C=O) groups is 2. The average molecular weight is 254 g/mol. The zero-order valence-corrected chi connectivity index (χ0v) is 10.7. The van der Waals surface area contributed by atoms with E-state index in [9.17, 15) is 9.59 Å². The second-order valence-corrected chi connectivity index (χ2v) is 4.33. The van der Waals surface area contributed by atoms with Crippen molar-refractivity contribution >= 4 is 17.8 Å². The molecule has 2 amide bonds. The molecular formula is C11H18N4O3. The second kappa shape index (κ2) is 6.15. The number of amides is 2. The van der Waals surface area contributed by atoms with Gasteiger partial charge in [0.25, 0.3) is 0 Å². The van der Waals surface area contributed by atoms with Gasteiger partial charge in [0, 0.05) is 0 Å².